The number of fused-ring (bicyclic) bond motifs is 4. The molecular formula is C15H26O3. The lowest BCUT2D eigenvalue weighted by molar-refractivity contribution is -0.223. The van der Waals surface area contributed by atoms with Gasteiger partial charge in [-0.25, -0.2) is 0 Å². The van der Waals surface area contributed by atoms with Crippen molar-refractivity contribution in [3.63, 3.8) is 0 Å². The van der Waals surface area contributed by atoms with Crippen molar-refractivity contribution in [3.05, 3.63) is 0 Å². The second kappa shape index (κ2) is 3.71. The molecule has 0 aromatic heterocycles. The predicted octanol–water partition coefficient (Wildman–Crippen LogP) is 2.10. The number of rotatable bonds is 1. The van der Waals surface area contributed by atoms with Crippen LogP contribution in [0.15, 0.2) is 0 Å². The minimum atomic E-state index is -0.700. The molecule has 3 nitrogen and oxygen atoms in total. The van der Waals surface area contributed by atoms with Crippen LogP contribution < -0.4 is 0 Å². The molecule has 2 bridgehead atoms. The van der Waals surface area contributed by atoms with Gasteiger partial charge in [-0.05, 0) is 63.2 Å². The molecule has 0 unspecified atom stereocenters. The Hall–Kier alpha value is -0.120. The van der Waals surface area contributed by atoms with E-state index in [4.69, 9.17) is 4.74 Å². The fraction of sp³-hybridized carbons (Fsp3) is 1.00. The summed E-state index contributed by atoms with van der Waals surface area (Å²) in [5.41, 5.74) is -0.731. The van der Waals surface area contributed by atoms with E-state index in [-0.39, 0.29) is 23.7 Å². The third-order valence-corrected chi connectivity index (χ3v) is 6.18. The van der Waals surface area contributed by atoms with Crippen LogP contribution in [0.3, 0.4) is 0 Å². The summed E-state index contributed by atoms with van der Waals surface area (Å²) in [6.07, 6.45) is 4.91. The van der Waals surface area contributed by atoms with Crippen molar-refractivity contribution < 1.29 is 14.9 Å². The van der Waals surface area contributed by atoms with E-state index in [0.29, 0.717) is 11.8 Å². The summed E-state index contributed by atoms with van der Waals surface area (Å²) >= 11 is 0. The van der Waals surface area contributed by atoms with Crippen molar-refractivity contribution in [2.24, 2.45) is 17.3 Å². The highest BCUT2D eigenvalue weighted by molar-refractivity contribution is 5.10. The monoisotopic (exact) mass is 254 g/mol. The zero-order valence-corrected chi connectivity index (χ0v) is 11.8. The number of ether oxygens (including phenoxy) is 1. The van der Waals surface area contributed by atoms with Gasteiger partial charge in [0.15, 0.2) is 0 Å². The van der Waals surface area contributed by atoms with Crippen LogP contribution in [-0.4, -0.2) is 34.1 Å². The lowest BCUT2D eigenvalue weighted by atomic mass is 9.49. The summed E-state index contributed by atoms with van der Waals surface area (Å²) in [4.78, 5) is 0. The van der Waals surface area contributed by atoms with Gasteiger partial charge >= 0.3 is 0 Å². The molecule has 3 rings (SSSR count). The Bertz CT molecular complexity index is 354. The highest BCUT2D eigenvalue weighted by atomic mass is 16.5. The van der Waals surface area contributed by atoms with E-state index in [1.54, 1.807) is 0 Å². The van der Waals surface area contributed by atoms with Gasteiger partial charge in [0.25, 0.3) is 0 Å². The zero-order chi connectivity index (χ0) is 13.2. The number of aliphatic hydroxyl groups is 2. The summed E-state index contributed by atoms with van der Waals surface area (Å²) in [7, 11) is 0. The van der Waals surface area contributed by atoms with Gasteiger partial charge in [-0.2, -0.15) is 0 Å². The quantitative estimate of drug-likeness (QED) is 0.753. The molecular weight excluding hydrogens is 228 g/mol. The molecule has 2 aliphatic heterocycles. The number of hydrogen-bond acceptors (Lipinski definition) is 3. The van der Waals surface area contributed by atoms with Crippen molar-refractivity contribution in [3.8, 4) is 0 Å². The first kappa shape index (κ1) is 12.9. The van der Waals surface area contributed by atoms with Crippen molar-refractivity contribution >= 4 is 0 Å². The standard InChI is InChI=1S/C15H26O3/c1-13(9-16)8-11-10(13)4-6-14(2,17)12-5-7-15(11,3)18-12/h10-12,16-17H,4-9H2,1-3H3/t10-,11+,12-,13+,14-,15-/m1/s1. The van der Waals surface area contributed by atoms with Crippen molar-refractivity contribution in [2.75, 3.05) is 6.61 Å². The SMILES string of the molecule is C[C@@]1(CO)C[C@H]2[C@H]1CC[C@@](C)(O)[C@H]1CC[C@@]2(C)O1. The second-order valence-corrected chi connectivity index (χ2v) is 7.58. The molecule has 2 heterocycles. The van der Waals surface area contributed by atoms with Crippen molar-refractivity contribution in [1.29, 1.82) is 0 Å². The average Bonchev–Trinajstić information content (AvgIpc) is 2.69. The minimum Gasteiger partial charge on any atom is -0.396 e. The van der Waals surface area contributed by atoms with Gasteiger partial charge in [0.05, 0.1) is 17.3 Å². The van der Waals surface area contributed by atoms with Crippen molar-refractivity contribution in [2.45, 2.75) is 70.2 Å². The highest BCUT2D eigenvalue weighted by Gasteiger charge is 2.61. The Morgan fingerprint density at radius 2 is 1.83 bits per heavy atom. The van der Waals surface area contributed by atoms with Crippen molar-refractivity contribution in [1.82, 2.24) is 0 Å². The van der Waals surface area contributed by atoms with Gasteiger partial charge in [-0.1, -0.05) is 6.92 Å². The van der Waals surface area contributed by atoms with Gasteiger partial charge in [-0.3, -0.25) is 0 Å². The maximum Gasteiger partial charge on any atom is 0.0880 e. The van der Waals surface area contributed by atoms with E-state index < -0.39 is 5.60 Å². The van der Waals surface area contributed by atoms with Gasteiger partial charge < -0.3 is 14.9 Å². The molecule has 3 heteroatoms. The summed E-state index contributed by atoms with van der Waals surface area (Å²) < 4.78 is 6.25. The molecule has 1 saturated carbocycles. The second-order valence-electron chi connectivity index (χ2n) is 7.58. The minimum absolute atomic E-state index is 0.00410. The molecule has 0 amide bonds. The Labute approximate surface area is 110 Å². The Balaban J connectivity index is 1.89. The summed E-state index contributed by atoms with van der Waals surface area (Å²) in [5, 5.41) is 20.2. The first-order valence-corrected chi connectivity index (χ1v) is 7.32. The molecule has 3 aliphatic rings. The summed E-state index contributed by atoms with van der Waals surface area (Å²) in [6.45, 7) is 6.57. The molecule has 6 atom stereocenters. The molecule has 1 aliphatic carbocycles. The van der Waals surface area contributed by atoms with Gasteiger partial charge in [0, 0.05) is 6.61 Å². The first-order chi connectivity index (χ1) is 8.31. The lowest BCUT2D eigenvalue weighted by Crippen LogP contribution is -2.59. The first-order valence-electron chi connectivity index (χ1n) is 7.32. The number of hydrogen-bond donors (Lipinski definition) is 2. The fourth-order valence-corrected chi connectivity index (χ4v) is 4.67. The normalized spacial score (nSPS) is 59.5. The van der Waals surface area contributed by atoms with Gasteiger partial charge in [0.1, 0.15) is 0 Å². The molecule has 0 aromatic carbocycles. The molecule has 2 N–H and O–H groups in total. The van der Waals surface area contributed by atoms with Gasteiger partial charge in [-0.15, -0.1) is 0 Å². The van der Waals surface area contributed by atoms with Crippen LogP contribution in [0.5, 0.6) is 0 Å². The maximum atomic E-state index is 10.6. The highest BCUT2D eigenvalue weighted by Crippen LogP contribution is 2.62. The third kappa shape index (κ3) is 1.60. The topological polar surface area (TPSA) is 49.7 Å². The smallest absolute Gasteiger partial charge is 0.0880 e. The molecule has 0 radical (unpaired) electrons. The molecule has 104 valence electrons. The van der Waals surface area contributed by atoms with Crippen LogP contribution in [0.4, 0.5) is 0 Å². The molecule has 18 heavy (non-hydrogen) atoms. The predicted molar refractivity (Wildman–Crippen MR) is 69.2 cm³/mol. The summed E-state index contributed by atoms with van der Waals surface area (Å²) in [6, 6.07) is 0. The van der Waals surface area contributed by atoms with Crippen LogP contribution in [-0.2, 0) is 4.74 Å². The average molecular weight is 254 g/mol. The lowest BCUT2D eigenvalue weighted by Gasteiger charge is -2.59. The maximum absolute atomic E-state index is 10.6. The van der Waals surface area contributed by atoms with Crippen LogP contribution in [0.1, 0.15) is 52.9 Å². The molecule has 0 aromatic rings. The van der Waals surface area contributed by atoms with Crippen LogP contribution in [0.2, 0.25) is 0 Å². The Morgan fingerprint density at radius 1 is 1.11 bits per heavy atom. The van der Waals surface area contributed by atoms with E-state index in [1.807, 2.05) is 6.92 Å². The van der Waals surface area contributed by atoms with Gasteiger partial charge in [0.2, 0.25) is 0 Å². The van der Waals surface area contributed by atoms with Crippen LogP contribution in [0, 0.1) is 17.3 Å². The van der Waals surface area contributed by atoms with E-state index >= 15 is 0 Å². The molecule has 3 fully saturated rings. The van der Waals surface area contributed by atoms with Crippen LogP contribution in [0.25, 0.3) is 0 Å². The molecule has 2 saturated heterocycles. The summed E-state index contributed by atoms with van der Waals surface area (Å²) in [5.74, 6) is 1.06. The van der Waals surface area contributed by atoms with E-state index in [9.17, 15) is 10.2 Å². The van der Waals surface area contributed by atoms with Crippen LogP contribution >= 0.6 is 0 Å². The largest absolute Gasteiger partial charge is 0.396 e. The third-order valence-electron chi connectivity index (χ3n) is 6.18. The van der Waals surface area contributed by atoms with E-state index in [0.717, 1.165) is 32.1 Å². The zero-order valence-electron chi connectivity index (χ0n) is 11.8. The van der Waals surface area contributed by atoms with E-state index in [2.05, 4.69) is 13.8 Å². The van der Waals surface area contributed by atoms with E-state index in [1.165, 1.54) is 0 Å². The molecule has 0 spiro atoms. The number of aliphatic hydroxyl groups excluding tert-OH is 1. The Kier molecular flexibility index (Phi) is 2.66. The Morgan fingerprint density at radius 3 is 2.50 bits per heavy atom. The fourth-order valence-electron chi connectivity index (χ4n) is 4.67.